The van der Waals surface area contributed by atoms with Crippen LogP contribution in [0.2, 0.25) is 0 Å². The fourth-order valence-corrected chi connectivity index (χ4v) is 5.25. The van der Waals surface area contributed by atoms with E-state index in [2.05, 4.69) is 0 Å². The molecule has 5 nitrogen and oxygen atoms in total. The summed E-state index contributed by atoms with van der Waals surface area (Å²) in [6.45, 7) is 0.610. The van der Waals surface area contributed by atoms with Crippen molar-refractivity contribution in [2.45, 2.75) is 48.8 Å². The maximum Gasteiger partial charge on any atom is 0.211 e. The third-order valence-corrected chi connectivity index (χ3v) is 6.29. The molecule has 5 rings (SSSR count). The van der Waals surface area contributed by atoms with Gasteiger partial charge in [0.15, 0.2) is 23.4 Å². The maximum absolute atomic E-state index is 12.8. The highest BCUT2D eigenvalue weighted by Crippen LogP contribution is 2.64. The van der Waals surface area contributed by atoms with Gasteiger partial charge in [-0.1, -0.05) is 6.07 Å². The summed E-state index contributed by atoms with van der Waals surface area (Å²) in [6, 6.07) is 2.78. The summed E-state index contributed by atoms with van der Waals surface area (Å²) >= 11 is 0. The summed E-state index contributed by atoms with van der Waals surface area (Å²) < 4.78 is 37.5. The van der Waals surface area contributed by atoms with Gasteiger partial charge in [0, 0.05) is 20.8 Å². The second kappa shape index (κ2) is 4.08. The Bertz CT molecular complexity index is 831. The average Bonchev–Trinajstić information content (AvgIpc) is 2.97. The molecule has 2 fully saturated rings. The van der Waals surface area contributed by atoms with Gasteiger partial charge in [0.1, 0.15) is 0 Å². The van der Waals surface area contributed by atoms with Crippen molar-refractivity contribution >= 4 is 5.78 Å². The van der Waals surface area contributed by atoms with E-state index in [1.807, 2.05) is 11.9 Å². The number of ether oxygens (including phenoxy) is 2. The van der Waals surface area contributed by atoms with E-state index in [9.17, 15) is 4.79 Å². The molecule has 1 spiro atoms. The van der Waals surface area contributed by atoms with Crippen molar-refractivity contribution in [3.8, 4) is 11.5 Å². The van der Waals surface area contributed by atoms with Crippen molar-refractivity contribution in [1.29, 1.82) is 1.43 Å². The number of carbonyl (C=O) groups is 1. The lowest BCUT2D eigenvalue weighted by atomic mass is 9.49. The first-order valence-corrected chi connectivity index (χ1v) is 8.11. The molecule has 0 aromatic heterocycles. The molecular formula is C18H21NO4. The number of aliphatic hydroxyl groups is 1. The molecule has 4 aliphatic rings. The number of likely N-dealkylation sites (N-methyl/N-ethyl adjacent to an activating group) is 1. The van der Waals surface area contributed by atoms with E-state index in [0.29, 0.717) is 42.0 Å². The van der Waals surface area contributed by atoms with Gasteiger partial charge in [-0.3, -0.25) is 4.79 Å². The largest absolute Gasteiger partial charge is 0.493 e. The van der Waals surface area contributed by atoms with Crippen LogP contribution in [0.5, 0.6) is 11.5 Å². The third-order valence-electron chi connectivity index (χ3n) is 6.29. The quantitative estimate of drug-likeness (QED) is 0.883. The number of hydrogen-bond donors (Lipinski definition) is 1. The Morgan fingerprint density at radius 2 is 2.39 bits per heavy atom. The molecule has 2 bridgehead atoms. The van der Waals surface area contributed by atoms with Crippen LogP contribution in [-0.4, -0.2) is 55.7 Å². The standard InChI is InChI=1S/C18H21NO4/c1-19-8-7-17-14-10-3-4-12(22-2)15(14)23-16(17)11(20)5-6-18(17,21)13(19)9-10/h3-4,13,16,21H,5-9H2,1-2H3/t13-,16?,17+,18-/m1/s1/i9D2,21D. The summed E-state index contributed by atoms with van der Waals surface area (Å²) in [7, 11) is 3.40. The minimum Gasteiger partial charge on any atom is -0.493 e. The van der Waals surface area contributed by atoms with Crippen LogP contribution < -0.4 is 9.47 Å². The number of rotatable bonds is 2. The van der Waals surface area contributed by atoms with Gasteiger partial charge >= 0.3 is 0 Å². The van der Waals surface area contributed by atoms with Crippen molar-refractivity contribution in [2.24, 2.45) is 0 Å². The monoisotopic (exact) mass is 318 g/mol. The summed E-state index contributed by atoms with van der Waals surface area (Å²) in [5.74, 6) is 0.929. The Morgan fingerprint density at radius 3 is 3.17 bits per heavy atom. The molecule has 5 heteroatoms. The highest BCUT2D eigenvalue weighted by Gasteiger charge is 2.72. The zero-order valence-corrected chi connectivity index (χ0v) is 13.2. The van der Waals surface area contributed by atoms with E-state index in [-0.39, 0.29) is 12.2 Å². The molecule has 1 aromatic carbocycles. The molecule has 2 aliphatic heterocycles. The van der Waals surface area contributed by atoms with Gasteiger partial charge < -0.3 is 19.5 Å². The minimum absolute atomic E-state index is 0.00681. The molecule has 2 heterocycles. The van der Waals surface area contributed by atoms with Crippen molar-refractivity contribution in [3.63, 3.8) is 0 Å². The average molecular weight is 318 g/mol. The van der Waals surface area contributed by atoms with E-state index in [0.717, 1.165) is 0 Å². The van der Waals surface area contributed by atoms with Crippen LogP contribution in [0.15, 0.2) is 12.1 Å². The number of piperidine rings is 1. The smallest absolute Gasteiger partial charge is 0.211 e. The SMILES string of the molecule is [2H]O[C@@]12CCC(=O)C3Oc4c(OC)ccc5c4[C@@]31CCN(C)[C@@H]2C5([2H])[2H]. The molecule has 1 saturated carbocycles. The summed E-state index contributed by atoms with van der Waals surface area (Å²) in [4.78, 5) is 14.8. The predicted molar refractivity (Wildman–Crippen MR) is 83.0 cm³/mol. The fourth-order valence-electron chi connectivity index (χ4n) is 5.25. The molecule has 0 radical (unpaired) electrons. The first kappa shape index (κ1) is 11.0. The molecule has 1 aromatic rings. The van der Waals surface area contributed by atoms with Gasteiger partial charge in [-0.2, -0.15) is 0 Å². The first-order valence-electron chi connectivity index (χ1n) is 9.52. The van der Waals surface area contributed by atoms with E-state index >= 15 is 0 Å². The molecule has 1 N–H and O–H groups in total. The number of likely N-dealkylation sites (tertiary alicyclic amines) is 1. The molecule has 2 aliphatic carbocycles. The lowest BCUT2D eigenvalue weighted by molar-refractivity contribution is -0.185. The van der Waals surface area contributed by atoms with Gasteiger partial charge in [-0.15, -0.1) is 0 Å². The summed E-state index contributed by atoms with van der Waals surface area (Å²) in [5, 5.41) is 5.42. The van der Waals surface area contributed by atoms with Crippen LogP contribution in [0.3, 0.4) is 0 Å². The van der Waals surface area contributed by atoms with E-state index < -0.39 is 29.5 Å². The number of carbonyl (C=O) groups excluding carboxylic acids is 1. The van der Waals surface area contributed by atoms with Gasteiger partial charge in [-0.25, -0.2) is 0 Å². The molecule has 1 saturated heterocycles. The van der Waals surface area contributed by atoms with Crippen LogP contribution in [0.25, 0.3) is 0 Å². The van der Waals surface area contributed by atoms with Crippen LogP contribution in [-0.2, 0) is 16.6 Å². The van der Waals surface area contributed by atoms with Crippen molar-refractivity contribution in [2.75, 3.05) is 20.7 Å². The summed E-state index contributed by atoms with van der Waals surface area (Å²) in [6.07, 6.45) is -1.37. The highest BCUT2D eigenvalue weighted by molar-refractivity contribution is 5.90. The topological polar surface area (TPSA) is 59.0 Å². The maximum atomic E-state index is 12.8. The van der Waals surface area contributed by atoms with Gasteiger partial charge in [0.05, 0.1) is 18.1 Å². The molecule has 23 heavy (non-hydrogen) atoms. The number of methoxy groups -OCH3 is 1. The Hall–Kier alpha value is -1.59. The molecular weight excluding hydrogens is 294 g/mol. The molecule has 4 atom stereocenters. The Balaban J connectivity index is 1.93. The second-order valence-electron chi connectivity index (χ2n) is 7.12. The Morgan fingerprint density at radius 1 is 1.52 bits per heavy atom. The van der Waals surface area contributed by atoms with Crippen molar-refractivity contribution < 1.29 is 22.1 Å². The van der Waals surface area contributed by atoms with Crippen LogP contribution in [0.4, 0.5) is 0 Å². The number of ketones is 1. The Labute approximate surface area is 139 Å². The molecule has 1 unspecified atom stereocenters. The van der Waals surface area contributed by atoms with Crippen LogP contribution >= 0.6 is 0 Å². The number of nitrogens with zero attached hydrogens (tertiary/aromatic N) is 1. The minimum atomic E-state index is -1.74. The zero-order chi connectivity index (χ0) is 18.5. The second-order valence-corrected chi connectivity index (χ2v) is 7.12. The fraction of sp³-hybridized carbons (Fsp3) is 0.611. The Kier molecular flexibility index (Phi) is 1.96. The van der Waals surface area contributed by atoms with E-state index in [4.69, 9.17) is 18.8 Å². The molecule has 0 amide bonds. The van der Waals surface area contributed by atoms with Gasteiger partial charge in [-0.05, 0) is 44.4 Å². The van der Waals surface area contributed by atoms with Crippen molar-refractivity contribution in [1.82, 2.24) is 4.90 Å². The number of benzene rings is 1. The zero-order valence-electron chi connectivity index (χ0n) is 16.2. The van der Waals surface area contributed by atoms with E-state index in [1.54, 1.807) is 12.1 Å². The van der Waals surface area contributed by atoms with Gasteiger partial charge in [0.25, 0.3) is 0 Å². The predicted octanol–water partition coefficient (Wildman–Crippen LogP) is 1.05. The van der Waals surface area contributed by atoms with Crippen molar-refractivity contribution in [3.05, 3.63) is 23.3 Å². The van der Waals surface area contributed by atoms with Gasteiger partial charge in [0.2, 0.25) is 1.43 Å². The number of Topliss-reactive ketones (excluding diaryl/α,β-unsaturated/α-hetero) is 1. The van der Waals surface area contributed by atoms with Crippen LogP contribution in [0.1, 0.15) is 33.1 Å². The third kappa shape index (κ3) is 1.32. The normalized spacial score (nSPS) is 44.6. The highest BCUT2D eigenvalue weighted by atomic mass is 16.5. The van der Waals surface area contributed by atoms with Crippen LogP contribution in [0, 0.1) is 0 Å². The summed E-state index contributed by atoms with van der Waals surface area (Å²) in [5.41, 5.74) is -0.773. The first-order chi connectivity index (χ1) is 12.3. The van der Waals surface area contributed by atoms with E-state index in [1.165, 1.54) is 7.11 Å². The lowest BCUT2D eigenvalue weighted by Crippen LogP contribution is -2.76. The molecule has 122 valence electrons. The number of hydrogen-bond acceptors (Lipinski definition) is 5. The lowest BCUT2D eigenvalue weighted by Gasteiger charge is -2.62.